The molecule has 1 amide bonds. The average molecular weight is 379 g/mol. The Kier molecular flexibility index (Phi) is 6.25. The largest absolute Gasteiger partial charge is 0.496 e. The molecule has 2 rings (SSSR count). The number of ketones is 1. The molecule has 27 heavy (non-hydrogen) atoms. The van der Waals surface area contributed by atoms with Gasteiger partial charge in [0.2, 0.25) is 5.91 Å². The zero-order chi connectivity index (χ0) is 20.2. The predicted octanol–water partition coefficient (Wildman–Crippen LogP) is 4.12. The van der Waals surface area contributed by atoms with Gasteiger partial charge in [-0.3, -0.25) is 9.59 Å². The molecular formula is C20H20F3NO3. The maximum absolute atomic E-state index is 13.1. The summed E-state index contributed by atoms with van der Waals surface area (Å²) in [6.07, 6.45) is -4.57. The van der Waals surface area contributed by atoms with Gasteiger partial charge < -0.3 is 9.64 Å². The lowest BCUT2D eigenvalue weighted by Gasteiger charge is -2.21. The number of ether oxygens (including phenoxy) is 1. The first-order chi connectivity index (χ1) is 12.6. The third kappa shape index (κ3) is 5.09. The van der Waals surface area contributed by atoms with E-state index in [0.717, 1.165) is 6.07 Å². The van der Waals surface area contributed by atoms with Crippen LogP contribution >= 0.6 is 0 Å². The highest BCUT2D eigenvalue weighted by Gasteiger charge is 2.33. The van der Waals surface area contributed by atoms with Gasteiger partial charge in [0, 0.05) is 24.7 Å². The number of amides is 1. The standard InChI is InChI=1S/C20H20F3NO3/c1-13(25)14-8-9-18(27-3)16(10-14)11-19(26)24(2)12-15-6-4-5-7-17(15)20(21,22)23/h4-10H,11-12H2,1-3H3. The van der Waals surface area contributed by atoms with Crippen LogP contribution in [0.15, 0.2) is 42.5 Å². The zero-order valence-corrected chi connectivity index (χ0v) is 15.3. The summed E-state index contributed by atoms with van der Waals surface area (Å²) in [5, 5.41) is 0. The van der Waals surface area contributed by atoms with Gasteiger partial charge in [-0.05, 0) is 36.8 Å². The van der Waals surface area contributed by atoms with Crippen molar-refractivity contribution in [1.82, 2.24) is 4.90 Å². The van der Waals surface area contributed by atoms with E-state index in [9.17, 15) is 22.8 Å². The molecule has 0 spiro atoms. The summed E-state index contributed by atoms with van der Waals surface area (Å²) < 4.78 is 44.6. The van der Waals surface area contributed by atoms with Crippen molar-refractivity contribution in [3.63, 3.8) is 0 Å². The Hall–Kier alpha value is -2.83. The van der Waals surface area contributed by atoms with Gasteiger partial charge in [0.15, 0.2) is 5.78 Å². The molecule has 0 aliphatic carbocycles. The first-order valence-electron chi connectivity index (χ1n) is 8.20. The molecule has 4 nitrogen and oxygen atoms in total. The van der Waals surface area contributed by atoms with Gasteiger partial charge in [-0.2, -0.15) is 13.2 Å². The van der Waals surface area contributed by atoms with Gasteiger partial charge in [-0.15, -0.1) is 0 Å². The second kappa shape index (κ2) is 8.24. The molecule has 0 radical (unpaired) electrons. The molecule has 0 saturated carbocycles. The van der Waals surface area contributed by atoms with E-state index in [1.165, 1.54) is 44.2 Å². The second-order valence-electron chi connectivity index (χ2n) is 6.16. The molecule has 2 aromatic carbocycles. The molecule has 0 fully saturated rings. The Balaban J connectivity index is 2.20. The normalized spacial score (nSPS) is 11.2. The van der Waals surface area contributed by atoms with E-state index >= 15 is 0 Å². The van der Waals surface area contributed by atoms with Crippen LogP contribution < -0.4 is 4.74 Å². The van der Waals surface area contributed by atoms with E-state index in [2.05, 4.69) is 0 Å². The Morgan fingerprint density at radius 1 is 1.07 bits per heavy atom. The van der Waals surface area contributed by atoms with Crippen molar-refractivity contribution in [3.8, 4) is 5.75 Å². The van der Waals surface area contributed by atoms with Crippen LogP contribution in [0.25, 0.3) is 0 Å². The summed E-state index contributed by atoms with van der Waals surface area (Å²) >= 11 is 0. The lowest BCUT2D eigenvalue weighted by Crippen LogP contribution is -2.29. The van der Waals surface area contributed by atoms with Crippen LogP contribution in [0.3, 0.4) is 0 Å². The van der Waals surface area contributed by atoms with Gasteiger partial charge in [-0.25, -0.2) is 0 Å². The van der Waals surface area contributed by atoms with Crippen molar-refractivity contribution in [2.75, 3.05) is 14.2 Å². The van der Waals surface area contributed by atoms with Crippen molar-refractivity contribution >= 4 is 11.7 Å². The van der Waals surface area contributed by atoms with Gasteiger partial charge in [-0.1, -0.05) is 18.2 Å². The number of methoxy groups -OCH3 is 1. The van der Waals surface area contributed by atoms with Gasteiger partial charge in [0.05, 0.1) is 19.1 Å². The number of halogens is 3. The fourth-order valence-corrected chi connectivity index (χ4v) is 2.71. The topological polar surface area (TPSA) is 46.6 Å². The van der Waals surface area contributed by atoms with Crippen LogP contribution in [-0.4, -0.2) is 30.7 Å². The number of Topliss-reactive ketones (excluding diaryl/α,β-unsaturated/α-hetero) is 1. The highest BCUT2D eigenvalue weighted by atomic mass is 19.4. The Morgan fingerprint density at radius 2 is 1.74 bits per heavy atom. The minimum absolute atomic E-state index is 0.0188. The third-order valence-corrected chi connectivity index (χ3v) is 4.18. The van der Waals surface area contributed by atoms with E-state index in [4.69, 9.17) is 4.74 Å². The molecule has 0 atom stereocenters. The number of carbonyl (C=O) groups excluding carboxylic acids is 2. The third-order valence-electron chi connectivity index (χ3n) is 4.18. The van der Waals surface area contributed by atoms with E-state index < -0.39 is 11.7 Å². The summed E-state index contributed by atoms with van der Waals surface area (Å²) in [5.41, 5.74) is 0.195. The molecule has 2 aromatic rings. The number of nitrogens with zero attached hydrogens (tertiary/aromatic N) is 1. The minimum Gasteiger partial charge on any atom is -0.496 e. The summed E-state index contributed by atoms with van der Waals surface area (Å²) in [4.78, 5) is 25.3. The molecule has 0 N–H and O–H groups in total. The van der Waals surface area contributed by atoms with Crippen LogP contribution in [0.4, 0.5) is 13.2 Å². The van der Waals surface area contributed by atoms with E-state index in [1.807, 2.05) is 0 Å². The van der Waals surface area contributed by atoms with Crippen LogP contribution in [0.2, 0.25) is 0 Å². The van der Waals surface area contributed by atoms with Gasteiger partial charge >= 0.3 is 6.18 Å². The number of likely N-dealkylation sites (N-methyl/N-ethyl adjacent to an activating group) is 1. The fourth-order valence-electron chi connectivity index (χ4n) is 2.71. The maximum Gasteiger partial charge on any atom is 0.416 e. The fraction of sp³-hybridized carbons (Fsp3) is 0.300. The number of benzene rings is 2. The summed E-state index contributed by atoms with van der Waals surface area (Å²) in [5.74, 6) is -0.0952. The highest BCUT2D eigenvalue weighted by molar-refractivity contribution is 5.94. The maximum atomic E-state index is 13.1. The van der Waals surface area contributed by atoms with Crippen LogP contribution in [-0.2, 0) is 23.9 Å². The molecule has 0 heterocycles. The number of hydrogen-bond acceptors (Lipinski definition) is 3. The minimum atomic E-state index is -4.49. The lowest BCUT2D eigenvalue weighted by molar-refractivity contribution is -0.139. The Bertz CT molecular complexity index is 847. The summed E-state index contributed by atoms with van der Waals surface area (Å²) in [6, 6.07) is 9.92. The smallest absolute Gasteiger partial charge is 0.416 e. The SMILES string of the molecule is COc1ccc(C(C)=O)cc1CC(=O)N(C)Cc1ccccc1C(F)(F)F. The molecule has 0 aromatic heterocycles. The Morgan fingerprint density at radius 3 is 2.33 bits per heavy atom. The lowest BCUT2D eigenvalue weighted by atomic mass is 10.0. The second-order valence-corrected chi connectivity index (χ2v) is 6.16. The zero-order valence-electron chi connectivity index (χ0n) is 15.3. The van der Waals surface area contributed by atoms with Crippen molar-refractivity contribution in [2.45, 2.75) is 26.1 Å². The molecule has 7 heteroatoms. The summed E-state index contributed by atoms with van der Waals surface area (Å²) in [6.45, 7) is 1.23. The van der Waals surface area contributed by atoms with E-state index in [0.29, 0.717) is 16.9 Å². The van der Waals surface area contributed by atoms with Crippen molar-refractivity contribution in [1.29, 1.82) is 0 Å². The number of carbonyl (C=O) groups is 2. The molecular weight excluding hydrogens is 359 g/mol. The quantitative estimate of drug-likeness (QED) is 0.710. The van der Waals surface area contributed by atoms with Crippen molar-refractivity contribution in [2.24, 2.45) is 0 Å². The van der Waals surface area contributed by atoms with E-state index in [-0.39, 0.29) is 30.2 Å². The number of rotatable bonds is 6. The average Bonchev–Trinajstić information content (AvgIpc) is 2.61. The predicted molar refractivity (Wildman–Crippen MR) is 94.6 cm³/mol. The monoisotopic (exact) mass is 379 g/mol. The Labute approximate surface area is 155 Å². The summed E-state index contributed by atoms with van der Waals surface area (Å²) in [7, 11) is 2.89. The number of alkyl halides is 3. The molecule has 0 unspecified atom stereocenters. The van der Waals surface area contributed by atoms with Crippen molar-refractivity contribution < 1.29 is 27.5 Å². The molecule has 0 aliphatic rings. The molecule has 0 saturated heterocycles. The van der Waals surface area contributed by atoms with Gasteiger partial charge in [0.1, 0.15) is 5.75 Å². The van der Waals surface area contributed by atoms with Crippen LogP contribution in [0.1, 0.15) is 34.0 Å². The van der Waals surface area contributed by atoms with E-state index in [1.54, 1.807) is 18.2 Å². The molecule has 144 valence electrons. The number of hydrogen-bond donors (Lipinski definition) is 0. The first kappa shape index (κ1) is 20.5. The first-order valence-corrected chi connectivity index (χ1v) is 8.20. The van der Waals surface area contributed by atoms with Crippen LogP contribution in [0.5, 0.6) is 5.75 Å². The van der Waals surface area contributed by atoms with Crippen molar-refractivity contribution in [3.05, 3.63) is 64.7 Å². The highest BCUT2D eigenvalue weighted by Crippen LogP contribution is 2.32. The van der Waals surface area contributed by atoms with Crippen LogP contribution in [0, 0.1) is 0 Å². The molecule has 0 aliphatic heterocycles. The van der Waals surface area contributed by atoms with Gasteiger partial charge in [0.25, 0.3) is 0 Å². The molecule has 0 bridgehead atoms.